The van der Waals surface area contributed by atoms with Crippen molar-refractivity contribution in [2.24, 2.45) is 0 Å². The van der Waals surface area contributed by atoms with Crippen LogP contribution in [0.25, 0.3) is 5.69 Å². The molecule has 17 heavy (non-hydrogen) atoms. The lowest BCUT2D eigenvalue weighted by atomic mass is 9.79. The van der Waals surface area contributed by atoms with Crippen LogP contribution in [0.1, 0.15) is 11.1 Å². The van der Waals surface area contributed by atoms with Crippen molar-refractivity contribution in [1.82, 2.24) is 9.78 Å². The highest BCUT2D eigenvalue weighted by Crippen LogP contribution is 2.12. The first-order chi connectivity index (χ1) is 8.11. The predicted molar refractivity (Wildman–Crippen MR) is 62.8 cm³/mol. The van der Waals surface area contributed by atoms with E-state index < -0.39 is 7.12 Å². The topological polar surface area (TPSA) is 82.1 Å². The zero-order chi connectivity index (χ0) is 12.4. The van der Waals surface area contributed by atoms with Crippen molar-refractivity contribution in [3.8, 4) is 11.8 Å². The zero-order valence-corrected chi connectivity index (χ0v) is 9.20. The molecule has 0 unspecified atom stereocenters. The van der Waals surface area contributed by atoms with Crippen molar-refractivity contribution in [3.63, 3.8) is 0 Å². The standard InChI is InChI=1S/C11H10BN3O2/c1-8-6-14-15(7-8)11-3-2-10(12(16)17)4-9(11)5-13/h2-4,6-7,16-17H,1H3. The summed E-state index contributed by atoms with van der Waals surface area (Å²) in [6, 6.07) is 6.65. The van der Waals surface area contributed by atoms with Crippen LogP contribution in [0.5, 0.6) is 0 Å². The number of hydrogen-bond acceptors (Lipinski definition) is 4. The number of aromatic nitrogens is 2. The van der Waals surface area contributed by atoms with Crippen molar-refractivity contribution >= 4 is 12.6 Å². The van der Waals surface area contributed by atoms with Crippen LogP contribution >= 0.6 is 0 Å². The van der Waals surface area contributed by atoms with Crippen molar-refractivity contribution in [3.05, 3.63) is 41.7 Å². The Labute approximate surface area is 98.7 Å². The van der Waals surface area contributed by atoms with E-state index in [0.717, 1.165) is 5.56 Å². The normalized spacial score (nSPS) is 10.0. The summed E-state index contributed by atoms with van der Waals surface area (Å²) in [5.74, 6) is 0. The van der Waals surface area contributed by atoms with Gasteiger partial charge in [0.15, 0.2) is 0 Å². The van der Waals surface area contributed by atoms with Crippen LogP contribution < -0.4 is 5.46 Å². The van der Waals surface area contributed by atoms with Gasteiger partial charge >= 0.3 is 7.12 Å². The summed E-state index contributed by atoms with van der Waals surface area (Å²) in [5, 5.41) is 31.2. The first-order valence-corrected chi connectivity index (χ1v) is 5.03. The molecule has 1 heterocycles. The first-order valence-electron chi connectivity index (χ1n) is 5.03. The van der Waals surface area contributed by atoms with Gasteiger partial charge in [0.2, 0.25) is 0 Å². The van der Waals surface area contributed by atoms with E-state index in [1.54, 1.807) is 29.2 Å². The van der Waals surface area contributed by atoms with E-state index in [0.29, 0.717) is 11.3 Å². The molecule has 0 aliphatic carbocycles. The lowest BCUT2D eigenvalue weighted by Crippen LogP contribution is -2.30. The molecule has 2 rings (SSSR count). The van der Waals surface area contributed by atoms with E-state index in [9.17, 15) is 0 Å². The van der Waals surface area contributed by atoms with Gasteiger partial charge in [0.25, 0.3) is 0 Å². The molecule has 0 aliphatic heterocycles. The van der Waals surface area contributed by atoms with Crippen LogP contribution in [0.2, 0.25) is 0 Å². The number of aryl methyl sites for hydroxylation is 1. The molecule has 0 saturated carbocycles. The van der Waals surface area contributed by atoms with E-state index in [2.05, 4.69) is 5.10 Å². The third-order valence-corrected chi connectivity index (χ3v) is 2.40. The van der Waals surface area contributed by atoms with Crippen LogP contribution in [0.15, 0.2) is 30.6 Å². The molecule has 1 aromatic heterocycles. The van der Waals surface area contributed by atoms with Crippen LogP contribution in [-0.4, -0.2) is 26.9 Å². The highest BCUT2D eigenvalue weighted by Gasteiger charge is 2.14. The van der Waals surface area contributed by atoms with Gasteiger partial charge in [-0.1, -0.05) is 6.07 Å². The van der Waals surface area contributed by atoms with Crippen molar-refractivity contribution < 1.29 is 10.0 Å². The smallest absolute Gasteiger partial charge is 0.423 e. The monoisotopic (exact) mass is 227 g/mol. The maximum atomic E-state index is 9.04. The number of rotatable bonds is 2. The Hall–Kier alpha value is -2.10. The van der Waals surface area contributed by atoms with Gasteiger partial charge in [-0.3, -0.25) is 0 Å². The van der Waals surface area contributed by atoms with Gasteiger partial charge in [-0.2, -0.15) is 10.4 Å². The molecule has 2 aromatic rings. The van der Waals surface area contributed by atoms with E-state index in [1.165, 1.54) is 6.07 Å². The molecule has 2 N–H and O–H groups in total. The van der Waals surface area contributed by atoms with Gasteiger partial charge in [0.05, 0.1) is 17.4 Å². The SMILES string of the molecule is Cc1cnn(-c2ccc(B(O)O)cc2C#N)c1. The molecular formula is C11H10BN3O2. The Morgan fingerprint density at radius 3 is 2.71 bits per heavy atom. The van der Waals surface area contributed by atoms with Crippen molar-refractivity contribution in [2.75, 3.05) is 0 Å². The van der Waals surface area contributed by atoms with Gasteiger partial charge in [-0.05, 0) is 30.1 Å². The molecule has 0 fully saturated rings. The zero-order valence-electron chi connectivity index (χ0n) is 9.20. The quantitative estimate of drug-likeness (QED) is 0.692. The summed E-state index contributed by atoms with van der Waals surface area (Å²) in [4.78, 5) is 0. The molecule has 6 heteroatoms. The second-order valence-corrected chi connectivity index (χ2v) is 3.72. The summed E-state index contributed by atoms with van der Waals surface area (Å²) < 4.78 is 1.58. The van der Waals surface area contributed by atoms with Gasteiger partial charge < -0.3 is 10.0 Å². The molecule has 0 aliphatic rings. The second kappa shape index (κ2) is 4.41. The maximum Gasteiger partial charge on any atom is 0.488 e. The molecule has 0 radical (unpaired) electrons. The predicted octanol–water partition coefficient (Wildman–Crippen LogP) is -0.268. The summed E-state index contributed by atoms with van der Waals surface area (Å²) in [7, 11) is -1.57. The van der Waals surface area contributed by atoms with Crippen molar-refractivity contribution in [2.45, 2.75) is 6.92 Å². The highest BCUT2D eigenvalue weighted by atomic mass is 16.4. The van der Waals surface area contributed by atoms with Gasteiger partial charge in [0, 0.05) is 6.20 Å². The Bertz CT molecular complexity index is 587. The average molecular weight is 227 g/mol. The lowest BCUT2D eigenvalue weighted by Gasteiger charge is -2.06. The van der Waals surface area contributed by atoms with Gasteiger partial charge in [0.1, 0.15) is 6.07 Å². The van der Waals surface area contributed by atoms with Gasteiger partial charge in [-0.25, -0.2) is 4.68 Å². The minimum atomic E-state index is -1.57. The average Bonchev–Trinajstić information content (AvgIpc) is 2.74. The minimum Gasteiger partial charge on any atom is -0.423 e. The van der Waals surface area contributed by atoms with Crippen LogP contribution in [0.4, 0.5) is 0 Å². The number of nitriles is 1. The Kier molecular flexibility index (Phi) is 2.96. The van der Waals surface area contributed by atoms with Crippen LogP contribution in [-0.2, 0) is 0 Å². The fraction of sp³-hybridized carbons (Fsp3) is 0.0909. The fourth-order valence-corrected chi connectivity index (χ4v) is 1.55. The number of hydrogen-bond donors (Lipinski definition) is 2. The third kappa shape index (κ3) is 2.20. The second-order valence-electron chi connectivity index (χ2n) is 3.72. The largest absolute Gasteiger partial charge is 0.488 e. The lowest BCUT2D eigenvalue weighted by molar-refractivity contribution is 0.426. The minimum absolute atomic E-state index is 0.286. The third-order valence-electron chi connectivity index (χ3n) is 2.40. The number of benzene rings is 1. The molecular weight excluding hydrogens is 217 g/mol. The van der Waals surface area contributed by atoms with E-state index >= 15 is 0 Å². The summed E-state index contributed by atoms with van der Waals surface area (Å²) in [6.45, 7) is 1.90. The van der Waals surface area contributed by atoms with E-state index in [4.69, 9.17) is 15.3 Å². The molecule has 0 bridgehead atoms. The molecule has 5 nitrogen and oxygen atoms in total. The maximum absolute atomic E-state index is 9.04. The van der Waals surface area contributed by atoms with Gasteiger partial charge in [-0.15, -0.1) is 0 Å². The van der Waals surface area contributed by atoms with E-state index in [-0.39, 0.29) is 5.46 Å². The molecule has 0 atom stereocenters. The Morgan fingerprint density at radius 2 is 2.18 bits per heavy atom. The summed E-state index contributed by atoms with van der Waals surface area (Å²) in [5.41, 5.74) is 2.23. The molecule has 0 amide bonds. The van der Waals surface area contributed by atoms with Crippen LogP contribution in [0, 0.1) is 18.3 Å². The summed E-state index contributed by atoms with van der Waals surface area (Å²) in [6.07, 6.45) is 3.49. The molecule has 84 valence electrons. The highest BCUT2D eigenvalue weighted by molar-refractivity contribution is 6.58. The molecule has 1 aromatic carbocycles. The number of nitrogens with zero attached hydrogens (tertiary/aromatic N) is 3. The molecule has 0 spiro atoms. The fourth-order valence-electron chi connectivity index (χ4n) is 1.55. The Balaban J connectivity index is 2.53. The molecule has 0 saturated heterocycles. The van der Waals surface area contributed by atoms with Crippen LogP contribution in [0.3, 0.4) is 0 Å². The first kappa shape index (κ1) is 11.4. The summed E-state index contributed by atoms with van der Waals surface area (Å²) >= 11 is 0. The Morgan fingerprint density at radius 1 is 1.41 bits per heavy atom. The van der Waals surface area contributed by atoms with Crippen molar-refractivity contribution in [1.29, 1.82) is 5.26 Å². The van der Waals surface area contributed by atoms with E-state index in [1.807, 2.05) is 13.0 Å².